The van der Waals surface area contributed by atoms with Gasteiger partial charge in [0.15, 0.2) is 11.0 Å². The molecule has 0 saturated heterocycles. The molecular formula is C27H26Cl2N4OS. The molecule has 35 heavy (non-hydrogen) atoms. The van der Waals surface area contributed by atoms with E-state index in [0.29, 0.717) is 29.4 Å². The van der Waals surface area contributed by atoms with Crippen molar-refractivity contribution in [2.75, 3.05) is 12.3 Å². The van der Waals surface area contributed by atoms with E-state index in [4.69, 9.17) is 23.2 Å². The van der Waals surface area contributed by atoms with Crippen LogP contribution in [0, 0.1) is 6.92 Å². The highest BCUT2D eigenvalue weighted by molar-refractivity contribution is 7.99. The number of aryl methyl sites for hydroxylation is 1. The van der Waals surface area contributed by atoms with E-state index in [1.807, 2.05) is 36.4 Å². The van der Waals surface area contributed by atoms with Crippen LogP contribution in [0.15, 0.2) is 78.0 Å². The van der Waals surface area contributed by atoms with Gasteiger partial charge in [-0.25, -0.2) is 0 Å². The van der Waals surface area contributed by atoms with E-state index in [-0.39, 0.29) is 5.91 Å². The summed E-state index contributed by atoms with van der Waals surface area (Å²) in [6.07, 6.45) is 1.85. The van der Waals surface area contributed by atoms with Crippen molar-refractivity contribution < 1.29 is 4.79 Å². The highest BCUT2D eigenvalue weighted by Crippen LogP contribution is 2.28. The van der Waals surface area contributed by atoms with Crippen LogP contribution in [0.3, 0.4) is 0 Å². The summed E-state index contributed by atoms with van der Waals surface area (Å²) >= 11 is 13.7. The monoisotopic (exact) mass is 524 g/mol. The van der Waals surface area contributed by atoms with Crippen LogP contribution in [-0.4, -0.2) is 33.0 Å². The summed E-state index contributed by atoms with van der Waals surface area (Å²) < 4.78 is 2.07. The third-order valence-electron chi connectivity index (χ3n) is 5.47. The predicted octanol–water partition coefficient (Wildman–Crippen LogP) is 6.78. The summed E-state index contributed by atoms with van der Waals surface area (Å²) in [6.45, 7) is 2.60. The van der Waals surface area contributed by atoms with E-state index < -0.39 is 0 Å². The molecule has 1 aromatic heterocycles. The third kappa shape index (κ3) is 6.88. The molecule has 0 aliphatic carbocycles. The summed E-state index contributed by atoms with van der Waals surface area (Å²) in [5.74, 6) is 1.59. The van der Waals surface area contributed by atoms with Crippen LogP contribution >= 0.6 is 35.0 Å². The molecule has 5 nitrogen and oxygen atoms in total. The standard InChI is InChI=1S/C27H26Cl2N4OS/c1-19-9-11-21(12-10-19)26-31-32-27(33(26)23-6-3-2-4-7-23)35-17-5-8-25(34)30-16-15-20-13-14-22(28)18-24(20)29/h2-4,6-7,9-14,18H,5,8,15-17H2,1H3,(H,30,34). The molecule has 0 radical (unpaired) electrons. The van der Waals surface area contributed by atoms with Crippen molar-refractivity contribution in [1.82, 2.24) is 20.1 Å². The normalized spacial score (nSPS) is 10.9. The molecule has 0 spiro atoms. The fourth-order valence-corrected chi connectivity index (χ4v) is 5.00. The molecule has 4 aromatic rings. The van der Waals surface area contributed by atoms with Crippen LogP contribution in [0.5, 0.6) is 0 Å². The van der Waals surface area contributed by atoms with Gasteiger partial charge in [-0.2, -0.15) is 0 Å². The summed E-state index contributed by atoms with van der Waals surface area (Å²) in [5.41, 5.74) is 4.19. The van der Waals surface area contributed by atoms with Gasteiger partial charge in [-0.05, 0) is 49.6 Å². The van der Waals surface area contributed by atoms with Gasteiger partial charge < -0.3 is 5.32 Å². The Kier molecular flexibility index (Phi) is 8.85. The molecule has 1 amide bonds. The molecule has 1 N–H and O–H groups in total. The number of carbonyl (C=O) groups is 1. The number of aromatic nitrogens is 3. The minimum absolute atomic E-state index is 0.0283. The van der Waals surface area contributed by atoms with Crippen molar-refractivity contribution in [2.45, 2.75) is 31.3 Å². The first-order valence-corrected chi connectivity index (χ1v) is 13.2. The van der Waals surface area contributed by atoms with Crippen molar-refractivity contribution in [3.63, 3.8) is 0 Å². The molecule has 1 heterocycles. The third-order valence-corrected chi connectivity index (χ3v) is 7.07. The second-order valence-corrected chi connectivity index (χ2v) is 10.0. The van der Waals surface area contributed by atoms with Crippen molar-refractivity contribution in [3.8, 4) is 17.1 Å². The zero-order valence-corrected chi connectivity index (χ0v) is 21.7. The smallest absolute Gasteiger partial charge is 0.220 e. The van der Waals surface area contributed by atoms with Crippen LogP contribution in [0.25, 0.3) is 17.1 Å². The highest BCUT2D eigenvalue weighted by atomic mass is 35.5. The first-order valence-electron chi connectivity index (χ1n) is 11.4. The number of benzene rings is 3. The second-order valence-electron chi connectivity index (χ2n) is 8.13. The molecule has 4 rings (SSSR count). The number of nitrogens with one attached hydrogen (secondary N) is 1. The molecule has 0 saturated carbocycles. The average molecular weight is 526 g/mol. The first kappa shape index (κ1) is 25.3. The fourth-order valence-electron chi connectivity index (χ4n) is 3.61. The van der Waals surface area contributed by atoms with E-state index in [2.05, 4.69) is 51.3 Å². The molecule has 8 heteroatoms. The lowest BCUT2D eigenvalue weighted by Gasteiger charge is -2.10. The van der Waals surface area contributed by atoms with Gasteiger partial charge >= 0.3 is 0 Å². The zero-order valence-electron chi connectivity index (χ0n) is 19.4. The van der Waals surface area contributed by atoms with Crippen molar-refractivity contribution in [3.05, 3.63) is 94.0 Å². The van der Waals surface area contributed by atoms with Crippen LogP contribution < -0.4 is 5.32 Å². The van der Waals surface area contributed by atoms with Gasteiger partial charge in [0, 0.05) is 40.0 Å². The summed E-state index contributed by atoms with van der Waals surface area (Å²) in [6, 6.07) is 23.8. The number of carbonyl (C=O) groups excluding carboxylic acids is 1. The maximum Gasteiger partial charge on any atom is 0.220 e. The number of amides is 1. The van der Waals surface area contributed by atoms with Gasteiger partial charge in [-0.1, -0.05) is 89.1 Å². The fraction of sp³-hybridized carbons (Fsp3) is 0.222. The number of para-hydroxylation sites is 1. The zero-order chi connectivity index (χ0) is 24.6. The van der Waals surface area contributed by atoms with E-state index in [0.717, 1.165) is 40.0 Å². The number of hydrogen-bond donors (Lipinski definition) is 1. The minimum atomic E-state index is 0.0283. The molecular weight excluding hydrogens is 499 g/mol. The molecule has 0 atom stereocenters. The maximum absolute atomic E-state index is 12.3. The van der Waals surface area contributed by atoms with Gasteiger partial charge in [-0.15, -0.1) is 10.2 Å². The van der Waals surface area contributed by atoms with Crippen molar-refractivity contribution in [1.29, 1.82) is 0 Å². The Labute approximate surface area is 219 Å². The minimum Gasteiger partial charge on any atom is -0.356 e. The number of nitrogens with zero attached hydrogens (tertiary/aromatic N) is 3. The Morgan fingerprint density at radius 3 is 2.51 bits per heavy atom. The summed E-state index contributed by atoms with van der Waals surface area (Å²) in [4.78, 5) is 12.3. The Hall–Kier alpha value is -2.80. The summed E-state index contributed by atoms with van der Waals surface area (Å²) in [5, 5.41) is 13.9. The molecule has 0 aliphatic heterocycles. The summed E-state index contributed by atoms with van der Waals surface area (Å²) in [7, 11) is 0. The lowest BCUT2D eigenvalue weighted by Crippen LogP contribution is -2.25. The number of thioether (sulfide) groups is 1. The molecule has 180 valence electrons. The van der Waals surface area contributed by atoms with Crippen molar-refractivity contribution in [2.24, 2.45) is 0 Å². The Morgan fingerprint density at radius 1 is 1.00 bits per heavy atom. The molecule has 0 fully saturated rings. The predicted molar refractivity (Wildman–Crippen MR) is 145 cm³/mol. The Bertz CT molecular complexity index is 1280. The highest BCUT2D eigenvalue weighted by Gasteiger charge is 2.16. The largest absolute Gasteiger partial charge is 0.356 e. The van der Waals surface area contributed by atoms with Crippen LogP contribution in [0.4, 0.5) is 0 Å². The molecule has 0 aliphatic rings. The Balaban J connectivity index is 1.32. The van der Waals surface area contributed by atoms with Crippen LogP contribution in [-0.2, 0) is 11.2 Å². The van der Waals surface area contributed by atoms with Crippen molar-refractivity contribution >= 4 is 40.9 Å². The number of rotatable bonds is 10. The SMILES string of the molecule is Cc1ccc(-c2nnc(SCCCC(=O)NCCc3ccc(Cl)cc3Cl)n2-c2ccccc2)cc1. The van der Waals surface area contributed by atoms with E-state index in [1.54, 1.807) is 23.9 Å². The van der Waals surface area contributed by atoms with Gasteiger partial charge in [0.2, 0.25) is 5.91 Å². The van der Waals surface area contributed by atoms with E-state index in [1.165, 1.54) is 5.56 Å². The van der Waals surface area contributed by atoms with Gasteiger partial charge in [0.1, 0.15) is 0 Å². The second kappa shape index (κ2) is 12.2. The van der Waals surface area contributed by atoms with Gasteiger partial charge in [0.05, 0.1) is 0 Å². The van der Waals surface area contributed by atoms with E-state index >= 15 is 0 Å². The van der Waals surface area contributed by atoms with Crippen LogP contribution in [0.2, 0.25) is 10.0 Å². The molecule has 0 bridgehead atoms. The maximum atomic E-state index is 12.3. The van der Waals surface area contributed by atoms with Gasteiger partial charge in [0.25, 0.3) is 0 Å². The molecule has 3 aromatic carbocycles. The average Bonchev–Trinajstić information content (AvgIpc) is 3.28. The Morgan fingerprint density at radius 2 is 1.77 bits per heavy atom. The van der Waals surface area contributed by atoms with Crippen LogP contribution in [0.1, 0.15) is 24.0 Å². The van der Waals surface area contributed by atoms with E-state index in [9.17, 15) is 4.79 Å². The number of halogens is 2. The molecule has 0 unspecified atom stereocenters. The lowest BCUT2D eigenvalue weighted by atomic mass is 10.1. The lowest BCUT2D eigenvalue weighted by molar-refractivity contribution is -0.121. The van der Waals surface area contributed by atoms with Gasteiger partial charge in [-0.3, -0.25) is 9.36 Å². The topological polar surface area (TPSA) is 59.8 Å². The first-order chi connectivity index (χ1) is 17.0. The quantitative estimate of drug-likeness (QED) is 0.183. The number of hydrogen-bond acceptors (Lipinski definition) is 4.